The first kappa shape index (κ1) is 17.9. The molecule has 1 aliphatic heterocycles. The molecule has 0 radical (unpaired) electrons. The van der Waals surface area contributed by atoms with Gasteiger partial charge >= 0.3 is 0 Å². The molecule has 4 nitrogen and oxygen atoms in total. The molecule has 0 aliphatic carbocycles. The molecule has 0 unspecified atom stereocenters. The Morgan fingerprint density at radius 3 is 2.78 bits per heavy atom. The van der Waals surface area contributed by atoms with Crippen molar-refractivity contribution in [3.63, 3.8) is 0 Å². The Balaban J connectivity index is 1.50. The van der Waals surface area contributed by atoms with E-state index >= 15 is 0 Å². The van der Waals surface area contributed by atoms with E-state index < -0.39 is 0 Å². The van der Waals surface area contributed by atoms with Gasteiger partial charge in [-0.25, -0.2) is 0 Å². The maximum Gasteiger partial charge on any atom is 0.262 e. The van der Waals surface area contributed by atoms with Gasteiger partial charge in [0.25, 0.3) is 5.91 Å². The minimum Gasteiger partial charge on any atom is -0.489 e. The van der Waals surface area contributed by atoms with Crippen LogP contribution in [0, 0.1) is 0 Å². The summed E-state index contributed by atoms with van der Waals surface area (Å²) in [5, 5.41) is 5.41. The SMILES string of the molecule is O=C(NCc1cc(Cl)c2c(c1)OCCCO2)c1sccc1-c1ccccc1. The van der Waals surface area contributed by atoms with Crippen LogP contribution in [0.1, 0.15) is 21.7 Å². The van der Waals surface area contributed by atoms with Gasteiger partial charge < -0.3 is 14.8 Å². The number of carbonyl (C=O) groups excluding carboxylic acids is 1. The summed E-state index contributed by atoms with van der Waals surface area (Å²) >= 11 is 7.76. The Morgan fingerprint density at radius 2 is 1.93 bits per heavy atom. The molecule has 1 aromatic heterocycles. The number of hydrogen-bond donors (Lipinski definition) is 1. The summed E-state index contributed by atoms with van der Waals surface area (Å²) in [5.41, 5.74) is 2.84. The standard InChI is InChI=1S/C21H18ClNO3S/c22-17-11-14(12-18-19(17)26-9-4-8-25-18)13-23-21(24)20-16(7-10-27-20)15-5-2-1-3-6-15/h1-3,5-7,10-12H,4,8-9,13H2,(H,23,24). The number of thiophene rings is 1. The minimum atomic E-state index is -0.105. The molecule has 1 N–H and O–H groups in total. The second kappa shape index (κ2) is 8.03. The molecule has 1 aliphatic rings. The summed E-state index contributed by atoms with van der Waals surface area (Å²) in [6.45, 7) is 1.54. The fourth-order valence-electron chi connectivity index (χ4n) is 2.98. The van der Waals surface area contributed by atoms with Crippen LogP contribution in [0.3, 0.4) is 0 Å². The van der Waals surface area contributed by atoms with Gasteiger partial charge in [-0.2, -0.15) is 0 Å². The summed E-state index contributed by atoms with van der Waals surface area (Å²) < 4.78 is 11.3. The average Bonchev–Trinajstić information content (AvgIpc) is 3.06. The summed E-state index contributed by atoms with van der Waals surface area (Å²) in [6, 6.07) is 15.6. The second-order valence-electron chi connectivity index (χ2n) is 6.17. The average molecular weight is 400 g/mol. The first-order valence-electron chi connectivity index (χ1n) is 8.71. The highest BCUT2D eigenvalue weighted by Gasteiger charge is 2.17. The van der Waals surface area contributed by atoms with E-state index in [2.05, 4.69) is 5.32 Å². The fourth-order valence-corrected chi connectivity index (χ4v) is 4.10. The van der Waals surface area contributed by atoms with Crippen LogP contribution in [-0.4, -0.2) is 19.1 Å². The van der Waals surface area contributed by atoms with Crippen molar-refractivity contribution in [3.8, 4) is 22.6 Å². The number of amides is 1. The number of carbonyl (C=O) groups is 1. The lowest BCUT2D eigenvalue weighted by Gasteiger charge is -2.12. The molecule has 0 saturated carbocycles. The summed E-state index contributed by atoms with van der Waals surface area (Å²) in [7, 11) is 0. The van der Waals surface area contributed by atoms with Crippen LogP contribution < -0.4 is 14.8 Å². The summed E-state index contributed by atoms with van der Waals surface area (Å²) in [4.78, 5) is 13.4. The van der Waals surface area contributed by atoms with Gasteiger partial charge in [0.1, 0.15) is 0 Å². The van der Waals surface area contributed by atoms with E-state index in [9.17, 15) is 4.79 Å². The Morgan fingerprint density at radius 1 is 1.11 bits per heavy atom. The molecule has 27 heavy (non-hydrogen) atoms. The van der Waals surface area contributed by atoms with Crippen molar-refractivity contribution in [2.45, 2.75) is 13.0 Å². The molecule has 0 saturated heterocycles. The molecule has 2 aromatic carbocycles. The third-order valence-electron chi connectivity index (χ3n) is 4.27. The predicted octanol–water partition coefficient (Wildman–Crippen LogP) is 5.16. The van der Waals surface area contributed by atoms with Gasteiger partial charge in [0.15, 0.2) is 11.5 Å². The van der Waals surface area contributed by atoms with Gasteiger partial charge in [0, 0.05) is 18.5 Å². The largest absolute Gasteiger partial charge is 0.489 e. The molecule has 4 rings (SSSR count). The predicted molar refractivity (Wildman–Crippen MR) is 108 cm³/mol. The van der Waals surface area contributed by atoms with Crippen LogP contribution >= 0.6 is 22.9 Å². The van der Waals surface area contributed by atoms with Crippen LogP contribution in [0.2, 0.25) is 5.02 Å². The quantitative estimate of drug-likeness (QED) is 0.659. The van der Waals surface area contributed by atoms with Crippen LogP contribution in [-0.2, 0) is 6.54 Å². The lowest BCUT2D eigenvalue weighted by molar-refractivity contribution is 0.0955. The maximum absolute atomic E-state index is 12.7. The highest BCUT2D eigenvalue weighted by molar-refractivity contribution is 7.12. The topological polar surface area (TPSA) is 47.6 Å². The highest BCUT2D eigenvalue weighted by Crippen LogP contribution is 2.38. The molecule has 6 heteroatoms. The normalized spacial score (nSPS) is 13.1. The van der Waals surface area contributed by atoms with Gasteiger partial charge in [-0.05, 0) is 34.7 Å². The van der Waals surface area contributed by atoms with Crippen molar-refractivity contribution in [2.75, 3.05) is 13.2 Å². The lowest BCUT2D eigenvalue weighted by atomic mass is 10.1. The summed E-state index contributed by atoms with van der Waals surface area (Å²) in [5.74, 6) is 1.10. The Bertz CT molecular complexity index is 955. The first-order valence-corrected chi connectivity index (χ1v) is 9.97. The van der Waals surface area contributed by atoms with E-state index in [1.807, 2.05) is 53.9 Å². The molecule has 138 valence electrons. The molecule has 2 heterocycles. The van der Waals surface area contributed by atoms with Crippen LogP contribution in [0.15, 0.2) is 53.9 Å². The van der Waals surface area contributed by atoms with E-state index in [4.69, 9.17) is 21.1 Å². The minimum absolute atomic E-state index is 0.105. The van der Waals surface area contributed by atoms with Gasteiger partial charge in [-0.3, -0.25) is 4.79 Å². The zero-order chi connectivity index (χ0) is 18.6. The van der Waals surface area contributed by atoms with Crippen LogP contribution in [0.4, 0.5) is 0 Å². The smallest absolute Gasteiger partial charge is 0.262 e. The van der Waals surface area contributed by atoms with Crippen molar-refractivity contribution in [2.24, 2.45) is 0 Å². The van der Waals surface area contributed by atoms with E-state index in [0.29, 0.717) is 41.2 Å². The molecule has 0 atom stereocenters. The molecule has 0 fully saturated rings. The van der Waals surface area contributed by atoms with Crippen LogP contribution in [0.25, 0.3) is 11.1 Å². The van der Waals surface area contributed by atoms with E-state index in [1.54, 1.807) is 0 Å². The Kier molecular flexibility index (Phi) is 5.32. The van der Waals surface area contributed by atoms with Gasteiger partial charge in [0.2, 0.25) is 0 Å². The van der Waals surface area contributed by atoms with Gasteiger partial charge in [-0.1, -0.05) is 41.9 Å². The number of fused-ring (bicyclic) bond motifs is 1. The number of halogens is 1. The molecule has 0 spiro atoms. The zero-order valence-corrected chi connectivity index (χ0v) is 16.1. The molecular weight excluding hydrogens is 382 g/mol. The molecule has 3 aromatic rings. The van der Waals surface area contributed by atoms with E-state index in [-0.39, 0.29) is 5.91 Å². The van der Waals surface area contributed by atoms with Crippen molar-refractivity contribution >= 4 is 28.8 Å². The highest BCUT2D eigenvalue weighted by atomic mass is 35.5. The van der Waals surface area contributed by atoms with Crippen LogP contribution in [0.5, 0.6) is 11.5 Å². The monoisotopic (exact) mass is 399 g/mol. The number of nitrogens with one attached hydrogen (secondary N) is 1. The number of hydrogen-bond acceptors (Lipinski definition) is 4. The fraction of sp³-hybridized carbons (Fsp3) is 0.190. The molecule has 0 bridgehead atoms. The van der Waals surface area contributed by atoms with Crippen molar-refractivity contribution in [1.29, 1.82) is 0 Å². The number of benzene rings is 2. The number of rotatable bonds is 4. The number of ether oxygens (including phenoxy) is 2. The Labute approximate surface area is 166 Å². The van der Waals surface area contributed by atoms with Crippen molar-refractivity contribution < 1.29 is 14.3 Å². The molecular formula is C21H18ClNO3S. The Hall–Kier alpha value is -2.50. The van der Waals surface area contributed by atoms with Gasteiger partial charge in [0.05, 0.1) is 23.1 Å². The third kappa shape index (κ3) is 3.94. The molecule has 1 amide bonds. The van der Waals surface area contributed by atoms with Crippen molar-refractivity contribution in [3.05, 3.63) is 69.4 Å². The van der Waals surface area contributed by atoms with E-state index in [1.165, 1.54) is 11.3 Å². The zero-order valence-electron chi connectivity index (χ0n) is 14.5. The third-order valence-corrected chi connectivity index (χ3v) is 5.47. The first-order chi connectivity index (χ1) is 13.2. The summed E-state index contributed by atoms with van der Waals surface area (Å²) in [6.07, 6.45) is 0.817. The lowest BCUT2D eigenvalue weighted by Crippen LogP contribution is -2.22. The van der Waals surface area contributed by atoms with Crippen molar-refractivity contribution in [1.82, 2.24) is 5.32 Å². The maximum atomic E-state index is 12.7. The van der Waals surface area contributed by atoms with E-state index in [0.717, 1.165) is 23.1 Å². The second-order valence-corrected chi connectivity index (χ2v) is 7.49. The van der Waals surface area contributed by atoms with Gasteiger partial charge in [-0.15, -0.1) is 11.3 Å².